The lowest BCUT2D eigenvalue weighted by Gasteiger charge is -2.26. The largest absolute Gasteiger partial charge is 0.379 e. The Morgan fingerprint density at radius 1 is 1.25 bits per heavy atom. The highest BCUT2D eigenvalue weighted by molar-refractivity contribution is 9.09. The van der Waals surface area contributed by atoms with Crippen molar-refractivity contribution < 1.29 is 17.9 Å². The standard InChI is InChI=1S/C12H15BrN2O4S/c13-9-12(16)14-10-1-3-11(4-2-10)20(17,18)15-5-7-19-8-6-15/h1-4H,5-9H2,(H,14,16). The predicted molar refractivity (Wildman–Crippen MR) is 78.4 cm³/mol. The number of nitrogens with one attached hydrogen (secondary N) is 1. The summed E-state index contributed by atoms with van der Waals surface area (Å²) in [4.78, 5) is 11.4. The second-order valence-corrected chi connectivity index (χ2v) is 6.72. The molecule has 1 saturated heterocycles. The minimum Gasteiger partial charge on any atom is -0.379 e. The average Bonchev–Trinajstić information content (AvgIpc) is 2.48. The Labute approximate surface area is 126 Å². The summed E-state index contributed by atoms with van der Waals surface area (Å²) >= 11 is 3.04. The Hall–Kier alpha value is -0.960. The fourth-order valence-electron chi connectivity index (χ4n) is 1.84. The normalized spacial score (nSPS) is 16.9. The van der Waals surface area contributed by atoms with Crippen LogP contribution in [0.2, 0.25) is 0 Å². The van der Waals surface area contributed by atoms with E-state index in [1.54, 1.807) is 12.1 Å². The zero-order valence-corrected chi connectivity index (χ0v) is 13.1. The van der Waals surface area contributed by atoms with Crippen LogP contribution in [0.15, 0.2) is 29.2 Å². The van der Waals surface area contributed by atoms with E-state index >= 15 is 0 Å². The molecule has 1 heterocycles. The van der Waals surface area contributed by atoms with Crippen molar-refractivity contribution in [1.82, 2.24) is 4.31 Å². The van der Waals surface area contributed by atoms with Gasteiger partial charge in [0.2, 0.25) is 15.9 Å². The van der Waals surface area contributed by atoms with Crippen molar-refractivity contribution in [3.63, 3.8) is 0 Å². The molecule has 6 nitrogen and oxygen atoms in total. The number of ether oxygens (including phenoxy) is 1. The van der Waals surface area contributed by atoms with Crippen LogP contribution < -0.4 is 5.32 Å². The van der Waals surface area contributed by atoms with Crippen LogP contribution in [-0.4, -0.2) is 50.3 Å². The van der Waals surface area contributed by atoms with E-state index in [-0.39, 0.29) is 16.1 Å². The maximum absolute atomic E-state index is 12.4. The fourth-order valence-corrected chi connectivity index (χ4v) is 3.39. The first-order chi connectivity index (χ1) is 9.54. The summed E-state index contributed by atoms with van der Waals surface area (Å²) in [7, 11) is -3.48. The molecule has 0 radical (unpaired) electrons. The van der Waals surface area contributed by atoms with Crippen LogP contribution in [0, 0.1) is 0 Å². The van der Waals surface area contributed by atoms with E-state index in [1.165, 1.54) is 16.4 Å². The van der Waals surface area contributed by atoms with E-state index in [0.717, 1.165) is 0 Å². The number of hydrogen-bond acceptors (Lipinski definition) is 4. The number of benzene rings is 1. The molecule has 1 N–H and O–H groups in total. The zero-order valence-electron chi connectivity index (χ0n) is 10.7. The lowest BCUT2D eigenvalue weighted by molar-refractivity contribution is -0.113. The Balaban J connectivity index is 2.14. The average molecular weight is 363 g/mol. The van der Waals surface area contributed by atoms with Gasteiger partial charge in [-0.15, -0.1) is 0 Å². The molecule has 2 rings (SSSR count). The lowest BCUT2D eigenvalue weighted by Crippen LogP contribution is -2.40. The SMILES string of the molecule is O=C(CBr)Nc1ccc(S(=O)(=O)N2CCOCC2)cc1. The summed E-state index contributed by atoms with van der Waals surface area (Å²) in [5.74, 6) is -0.186. The van der Waals surface area contributed by atoms with Gasteiger partial charge < -0.3 is 10.1 Å². The van der Waals surface area contributed by atoms with Gasteiger partial charge in [0, 0.05) is 18.8 Å². The number of alkyl halides is 1. The van der Waals surface area contributed by atoms with Crippen molar-refractivity contribution in [2.45, 2.75) is 4.90 Å². The quantitative estimate of drug-likeness (QED) is 0.812. The molecular formula is C12H15BrN2O4S. The fraction of sp³-hybridized carbons (Fsp3) is 0.417. The maximum Gasteiger partial charge on any atom is 0.243 e. The molecule has 0 aromatic heterocycles. The lowest BCUT2D eigenvalue weighted by atomic mass is 10.3. The molecule has 1 aromatic rings. The molecule has 1 aliphatic heterocycles. The summed E-state index contributed by atoms with van der Waals surface area (Å²) < 4.78 is 31.3. The van der Waals surface area contributed by atoms with E-state index in [1.807, 2.05) is 0 Å². The number of carbonyl (C=O) groups excluding carboxylic acids is 1. The van der Waals surface area contributed by atoms with E-state index in [4.69, 9.17) is 4.74 Å². The molecule has 0 spiro atoms. The molecule has 110 valence electrons. The molecule has 0 atom stereocenters. The van der Waals surface area contributed by atoms with Crippen molar-refractivity contribution in [1.29, 1.82) is 0 Å². The Bertz CT molecular complexity index is 568. The van der Waals surface area contributed by atoms with Crippen molar-refractivity contribution in [3.8, 4) is 0 Å². The summed E-state index contributed by atoms with van der Waals surface area (Å²) in [6, 6.07) is 6.14. The first-order valence-corrected chi connectivity index (χ1v) is 8.64. The zero-order chi connectivity index (χ0) is 14.6. The van der Waals surface area contributed by atoms with E-state index in [9.17, 15) is 13.2 Å². The van der Waals surface area contributed by atoms with Crippen molar-refractivity contribution in [2.24, 2.45) is 0 Å². The number of amides is 1. The van der Waals surface area contributed by atoms with Gasteiger partial charge in [0.15, 0.2) is 0 Å². The third-order valence-corrected chi connectivity index (χ3v) is 5.29. The summed E-state index contributed by atoms with van der Waals surface area (Å²) in [6.07, 6.45) is 0. The topological polar surface area (TPSA) is 75.7 Å². The Morgan fingerprint density at radius 3 is 2.40 bits per heavy atom. The third kappa shape index (κ3) is 3.57. The van der Waals surface area contributed by atoms with Gasteiger partial charge in [-0.1, -0.05) is 15.9 Å². The van der Waals surface area contributed by atoms with Gasteiger partial charge in [-0.05, 0) is 24.3 Å². The Morgan fingerprint density at radius 2 is 1.85 bits per heavy atom. The van der Waals surface area contributed by atoms with E-state index in [2.05, 4.69) is 21.2 Å². The molecule has 1 fully saturated rings. The highest BCUT2D eigenvalue weighted by Gasteiger charge is 2.26. The van der Waals surface area contributed by atoms with Gasteiger partial charge in [0.25, 0.3) is 0 Å². The van der Waals surface area contributed by atoms with E-state index < -0.39 is 10.0 Å². The van der Waals surface area contributed by atoms with Crippen molar-refractivity contribution in [3.05, 3.63) is 24.3 Å². The van der Waals surface area contributed by atoms with Crippen LogP contribution in [0.1, 0.15) is 0 Å². The van der Waals surface area contributed by atoms with Crippen LogP contribution >= 0.6 is 15.9 Å². The molecule has 0 aliphatic carbocycles. The monoisotopic (exact) mass is 362 g/mol. The van der Waals surface area contributed by atoms with Gasteiger partial charge in [0.05, 0.1) is 23.4 Å². The number of hydrogen-bond donors (Lipinski definition) is 1. The van der Waals surface area contributed by atoms with E-state index in [0.29, 0.717) is 32.0 Å². The van der Waals surface area contributed by atoms with Crippen LogP contribution in [0.3, 0.4) is 0 Å². The minimum absolute atomic E-state index is 0.186. The van der Waals surface area contributed by atoms with Crippen LogP contribution in [0.25, 0.3) is 0 Å². The molecule has 20 heavy (non-hydrogen) atoms. The summed E-state index contributed by atoms with van der Waals surface area (Å²) in [5.41, 5.74) is 0.565. The van der Waals surface area contributed by atoms with Gasteiger partial charge in [-0.3, -0.25) is 4.79 Å². The molecule has 0 unspecified atom stereocenters. The molecule has 0 bridgehead atoms. The van der Waals surface area contributed by atoms with Gasteiger partial charge >= 0.3 is 0 Å². The first kappa shape index (κ1) is 15.4. The smallest absolute Gasteiger partial charge is 0.243 e. The molecule has 1 aromatic carbocycles. The van der Waals surface area contributed by atoms with Crippen LogP contribution in [-0.2, 0) is 19.6 Å². The number of rotatable bonds is 4. The number of anilines is 1. The predicted octanol–water partition coefficient (Wildman–Crippen LogP) is 1.04. The highest BCUT2D eigenvalue weighted by atomic mass is 79.9. The molecule has 8 heteroatoms. The highest BCUT2D eigenvalue weighted by Crippen LogP contribution is 2.19. The summed E-state index contributed by atoms with van der Waals surface area (Å²) in [5, 5.41) is 2.83. The Kier molecular flexibility index (Phi) is 5.14. The first-order valence-electron chi connectivity index (χ1n) is 6.08. The maximum atomic E-state index is 12.4. The van der Waals surface area contributed by atoms with Crippen molar-refractivity contribution in [2.75, 3.05) is 37.0 Å². The van der Waals surface area contributed by atoms with Crippen molar-refractivity contribution >= 4 is 37.5 Å². The number of nitrogens with zero attached hydrogens (tertiary/aromatic N) is 1. The molecule has 1 amide bonds. The number of morpholine rings is 1. The molecule has 0 saturated carbocycles. The van der Waals surface area contributed by atoms with Crippen LogP contribution in [0.5, 0.6) is 0 Å². The third-order valence-electron chi connectivity index (χ3n) is 2.87. The number of sulfonamides is 1. The molecular weight excluding hydrogens is 348 g/mol. The molecule has 1 aliphatic rings. The second kappa shape index (κ2) is 6.66. The van der Waals surface area contributed by atoms with Gasteiger partial charge in [-0.2, -0.15) is 4.31 Å². The second-order valence-electron chi connectivity index (χ2n) is 4.22. The number of carbonyl (C=O) groups is 1. The van der Waals surface area contributed by atoms with Crippen LogP contribution in [0.4, 0.5) is 5.69 Å². The van der Waals surface area contributed by atoms with Gasteiger partial charge in [0.1, 0.15) is 0 Å². The number of halogens is 1. The minimum atomic E-state index is -3.48. The summed E-state index contributed by atoms with van der Waals surface area (Å²) in [6.45, 7) is 1.56. The van der Waals surface area contributed by atoms with Gasteiger partial charge in [-0.25, -0.2) is 8.42 Å².